The average molecular weight is 438 g/mol. The van der Waals surface area contributed by atoms with Crippen molar-refractivity contribution in [2.24, 2.45) is 5.92 Å². The molecule has 0 aliphatic carbocycles. The number of nitriles is 2. The van der Waals surface area contributed by atoms with Crippen LogP contribution in [0.2, 0.25) is 0 Å². The van der Waals surface area contributed by atoms with Crippen molar-refractivity contribution in [3.63, 3.8) is 0 Å². The molecule has 0 aliphatic rings. The first-order valence-corrected chi connectivity index (χ1v) is 10.6. The first-order chi connectivity index (χ1) is 16.1. The Balaban J connectivity index is 1.87. The number of hydrogen-bond acceptors (Lipinski definition) is 5. The molecule has 1 unspecified atom stereocenters. The van der Waals surface area contributed by atoms with Crippen LogP contribution in [0.5, 0.6) is 0 Å². The summed E-state index contributed by atoms with van der Waals surface area (Å²) >= 11 is 0. The van der Waals surface area contributed by atoms with Gasteiger partial charge in [0.05, 0.1) is 30.9 Å². The molecule has 2 heterocycles. The van der Waals surface area contributed by atoms with Gasteiger partial charge in [0.2, 0.25) is 0 Å². The molecule has 0 saturated carbocycles. The molecular weight excluding hydrogens is 416 g/mol. The predicted molar refractivity (Wildman–Crippen MR) is 123 cm³/mol. The van der Waals surface area contributed by atoms with Gasteiger partial charge in [0.1, 0.15) is 0 Å². The van der Waals surface area contributed by atoms with E-state index in [1.165, 1.54) is 4.57 Å². The third-order valence-electron chi connectivity index (χ3n) is 5.55. The van der Waals surface area contributed by atoms with Crippen LogP contribution in [0, 0.1) is 28.6 Å². The zero-order chi connectivity index (χ0) is 23.2. The van der Waals surface area contributed by atoms with Gasteiger partial charge in [-0.05, 0) is 17.5 Å². The molecule has 1 atom stereocenters. The molecule has 164 valence electrons. The molecule has 0 N–H and O–H groups in total. The number of hydrogen-bond donors (Lipinski definition) is 0. The average Bonchev–Trinajstić information content (AvgIpc) is 3.26. The minimum Gasteiger partial charge on any atom is -0.320 e. The molecule has 0 radical (unpaired) electrons. The maximum absolute atomic E-state index is 13.5. The van der Waals surface area contributed by atoms with Gasteiger partial charge in [0.15, 0.2) is 11.2 Å². The van der Waals surface area contributed by atoms with Gasteiger partial charge < -0.3 is 4.57 Å². The lowest BCUT2D eigenvalue weighted by atomic mass is 10.1. The van der Waals surface area contributed by atoms with Gasteiger partial charge in [-0.15, -0.1) is 0 Å². The highest BCUT2D eigenvalue weighted by atomic mass is 16.2. The quantitative estimate of drug-likeness (QED) is 0.420. The van der Waals surface area contributed by atoms with Crippen LogP contribution in [-0.2, 0) is 19.6 Å². The van der Waals surface area contributed by atoms with E-state index < -0.39 is 17.2 Å². The van der Waals surface area contributed by atoms with Gasteiger partial charge in [-0.1, -0.05) is 60.7 Å². The largest absolute Gasteiger partial charge is 0.333 e. The third-order valence-corrected chi connectivity index (χ3v) is 5.55. The predicted octanol–water partition coefficient (Wildman–Crippen LogP) is 2.90. The van der Waals surface area contributed by atoms with Crippen LogP contribution in [0.1, 0.15) is 24.0 Å². The molecule has 8 heteroatoms. The fourth-order valence-corrected chi connectivity index (χ4v) is 3.86. The second-order valence-corrected chi connectivity index (χ2v) is 7.82. The fourth-order valence-electron chi connectivity index (χ4n) is 3.86. The van der Waals surface area contributed by atoms with Crippen LogP contribution in [-0.4, -0.2) is 18.7 Å². The Morgan fingerprint density at radius 2 is 1.52 bits per heavy atom. The monoisotopic (exact) mass is 438 g/mol. The number of benzene rings is 2. The Morgan fingerprint density at radius 3 is 2.12 bits per heavy atom. The second kappa shape index (κ2) is 9.80. The van der Waals surface area contributed by atoms with E-state index in [-0.39, 0.29) is 19.5 Å². The van der Waals surface area contributed by atoms with E-state index in [4.69, 9.17) is 5.26 Å². The van der Waals surface area contributed by atoms with Crippen molar-refractivity contribution in [2.45, 2.75) is 32.5 Å². The summed E-state index contributed by atoms with van der Waals surface area (Å²) in [4.78, 5) is 31.3. The minimum absolute atomic E-state index is 0.0723. The van der Waals surface area contributed by atoms with Gasteiger partial charge in [0.25, 0.3) is 5.56 Å². The Morgan fingerprint density at radius 1 is 0.879 bits per heavy atom. The van der Waals surface area contributed by atoms with Gasteiger partial charge in [-0.2, -0.15) is 10.5 Å². The molecule has 0 bridgehead atoms. The Hall–Kier alpha value is -4.43. The highest BCUT2D eigenvalue weighted by Gasteiger charge is 2.21. The van der Waals surface area contributed by atoms with Crippen LogP contribution in [0.15, 0.2) is 76.6 Å². The molecule has 33 heavy (non-hydrogen) atoms. The summed E-state index contributed by atoms with van der Waals surface area (Å²) in [6.07, 6.45) is 2.04. The maximum atomic E-state index is 13.5. The lowest BCUT2D eigenvalue weighted by molar-refractivity contribution is 0.473. The molecule has 4 aromatic rings. The van der Waals surface area contributed by atoms with E-state index in [1.807, 2.05) is 66.7 Å². The normalized spacial score (nSPS) is 11.7. The van der Waals surface area contributed by atoms with Gasteiger partial charge in [-0.25, -0.2) is 9.78 Å². The lowest BCUT2D eigenvalue weighted by Gasteiger charge is -2.14. The van der Waals surface area contributed by atoms with Crippen molar-refractivity contribution in [1.82, 2.24) is 18.7 Å². The molecule has 8 nitrogen and oxygen atoms in total. The first-order valence-electron chi connectivity index (χ1n) is 10.6. The topological polar surface area (TPSA) is 109 Å². The summed E-state index contributed by atoms with van der Waals surface area (Å²) in [6.45, 7) is 0.595. The summed E-state index contributed by atoms with van der Waals surface area (Å²) in [5, 5.41) is 18.4. The first kappa shape index (κ1) is 21.8. The molecule has 0 fully saturated rings. The van der Waals surface area contributed by atoms with Crippen molar-refractivity contribution in [1.29, 1.82) is 10.5 Å². The van der Waals surface area contributed by atoms with Crippen LogP contribution < -0.4 is 11.2 Å². The standard InChI is InChI=1S/C25H22N6O2/c26-13-7-12-21(14-27)17-31-24(32)22-23(28-18-29(22)15-19-8-3-1-4-9-19)30(25(31)33)16-20-10-5-2-6-11-20/h1-6,8-11,18,21H,7,12,15-17H2. The zero-order valence-corrected chi connectivity index (χ0v) is 18.0. The SMILES string of the molecule is N#CCCC(C#N)Cn1c(=O)c2c(ncn2Cc2ccccc2)n(Cc2ccccc2)c1=O. The van der Waals surface area contributed by atoms with E-state index >= 15 is 0 Å². The molecule has 0 aliphatic heterocycles. The number of aromatic nitrogens is 4. The van der Waals surface area contributed by atoms with E-state index in [9.17, 15) is 14.9 Å². The van der Waals surface area contributed by atoms with Crippen molar-refractivity contribution < 1.29 is 0 Å². The molecule has 4 rings (SSSR count). The van der Waals surface area contributed by atoms with E-state index in [2.05, 4.69) is 11.1 Å². The highest BCUT2D eigenvalue weighted by Crippen LogP contribution is 2.13. The third kappa shape index (κ3) is 4.60. The molecule has 2 aromatic carbocycles. The number of imidazole rings is 1. The van der Waals surface area contributed by atoms with E-state index in [0.717, 1.165) is 15.7 Å². The van der Waals surface area contributed by atoms with Gasteiger partial charge >= 0.3 is 5.69 Å². The fraction of sp³-hybridized carbons (Fsp3) is 0.240. The van der Waals surface area contributed by atoms with Gasteiger partial charge in [0, 0.05) is 19.5 Å². The Kier molecular flexibility index (Phi) is 6.47. The van der Waals surface area contributed by atoms with E-state index in [1.54, 1.807) is 10.9 Å². The molecule has 0 spiro atoms. The summed E-state index contributed by atoms with van der Waals surface area (Å²) < 4.78 is 4.33. The van der Waals surface area contributed by atoms with Gasteiger partial charge in [-0.3, -0.25) is 13.9 Å². The number of fused-ring (bicyclic) bond motifs is 1. The van der Waals surface area contributed by atoms with Crippen LogP contribution in [0.4, 0.5) is 0 Å². The summed E-state index contributed by atoms with van der Waals surface area (Å²) in [5.41, 5.74) is 1.51. The van der Waals surface area contributed by atoms with Crippen molar-refractivity contribution >= 4 is 11.2 Å². The lowest BCUT2D eigenvalue weighted by Crippen LogP contribution is -2.42. The highest BCUT2D eigenvalue weighted by molar-refractivity contribution is 5.70. The van der Waals surface area contributed by atoms with Crippen LogP contribution >= 0.6 is 0 Å². The second-order valence-electron chi connectivity index (χ2n) is 7.82. The molecular formula is C25H22N6O2. The molecule has 0 saturated heterocycles. The van der Waals surface area contributed by atoms with Crippen molar-refractivity contribution in [2.75, 3.05) is 0 Å². The zero-order valence-electron chi connectivity index (χ0n) is 18.0. The summed E-state index contributed by atoms with van der Waals surface area (Å²) in [7, 11) is 0. The van der Waals surface area contributed by atoms with E-state index in [0.29, 0.717) is 24.1 Å². The molecule has 2 aromatic heterocycles. The minimum atomic E-state index is -0.622. The summed E-state index contributed by atoms with van der Waals surface area (Å²) in [5.74, 6) is -0.622. The van der Waals surface area contributed by atoms with Crippen LogP contribution in [0.3, 0.4) is 0 Å². The maximum Gasteiger partial charge on any atom is 0.333 e. The number of nitrogens with zero attached hydrogens (tertiary/aromatic N) is 6. The Bertz CT molecular complexity index is 1450. The number of rotatable bonds is 8. The van der Waals surface area contributed by atoms with Crippen LogP contribution in [0.25, 0.3) is 11.2 Å². The summed E-state index contributed by atoms with van der Waals surface area (Å²) in [6, 6.07) is 23.3. The molecule has 0 amide bonds. The Labute approximate surface area is 190 Å². The smallest absolute Gasteiger partial charge is 0.320 e. The van der Waals surface area contributed by atoms with Crippen molar-refractivity contribution in [3.8, 4) is 12.1 Å². The van der Waals surface area contributed by atoms with Crippen molar-refractivity contribution in [3.05, 3.63) is 99.0 Å².